The summed E-state index contributed by atoms with van der Waals surface area (Å²) in [5, 5.41) is 0. The fourth-order valence-corrected chi connectivity index (χ4v) is 2.05. The van der Waals surface area contributed by atoms with Crippen LogP contribution in [0.5, 0.6) is 0 Å². The van der Waals surface area contributed by atoms with Gasteiger partial charge < -0.3 is 5.43 Å². The Labute approximate surface area is 93.5 Å². The molecular formula is C12H25N3. The number of hydrogen-bond acceptors (Lipinski definition) is 3. The first-order valence-corrected chi connectivity index (χ1v) is 6.43. The Balaban J connectivity index is 2.28. The van der Waals surface area contributed by atoms with E-state index in [0.717, 1.165) is 18.8 Å². The zero-order valence-electron chi connectivity index (χ0n) is 9.80. The van der Waals surface area contributed by atoms with Crippen molar-refractivity contribution >= 4 is 5.84 Å². The number of hydrazine groups is 1. The van der Waals surface area contributed by atoms with Gasteiger partial charge in [-0.05, 0) is 12.8 Å². The number of nitrogens with two attached hydrogens (primary N) is 1. The number of nitrogens with one attached hydrogen (secondary N) is 1. The van der Waals surface area contributed by atoms with Gasteiger partial charge in [-0.1, -0.05) is 44.9 Å². The highest BCUT2D eigenvalue weighted by Gasteiger charge is 1.99. The van der Waals surface area contributed by atoms with Gasteiger partial charge in [0, 0.05) is 13.0 Å². The van der Waals surface area contributed by atoms with E-state index in [9.17, 15) is 0 Å². The Morgan fingerprint density at radius 1 is 0.800 bits per heavy atom. The molecule has 0 saturated carbocycles. The lowest BCUT2D eigenvalue weighted by Gasteiger charge is -2.05. The van der Waals surface area contributed by atoms with Gasteiger partial charge in [0.25, 0.3) is 0 Å². The fourth-order valence-electron chi connectivity index (χ4n) is 2.05. The second-order valence-electron chi connectivity index (χ2n) is 4.40. The van der Waals surface area contributed by atoms with E-state index in [1.807, 2.05) is 0 Å². The molecule has 0 radical (unpaired) electrons. The molecule has 3 heteroatoms. The van der Waals surface area contributed by atoms with Gasteiger partial charge in [-0.3, -0.25) is 4.99 Å². The molecule has 1 aliphatic rings. The second kappa shape index (κ2) is 8.72. The van der Waals surface area contributed by atoms with Crippen LogP contribution in [0.15, 0.2) is 4.99 Å². The average molecular weight is 211 g/mol. The van der Waals surface area contributed by atoms with Crippen LogP contribution in [0.25, 0.3) is 0 Å². The van der Waals surface area contributed by atoms with Gasteiger partial charge in [0.05, 0.1) is 0 Å². The maximum atomic E-state index is 5.43. The third-order valence-corrected chi connectivity index (χ3v) is 3.04. The monoisotopic (exact) mass is 211 g/mol. The maximum absolute atomic E-state index is 5.43. The van der Waals surface area contributed by atoms with E-state index >= 15 is 0 Å². The minimum Gasteiger partial charge on any atom is -0.312 e. The van der Waals surface area contributed by atoms with Crippen LogP contribution in [-0.2, 0) is 0 Å². The Bertz CT molecular complexity index is 178. The molecule has 0 atom stereocenters. The van der Waals surface area contributed by atoms with Gasteiger partial charge in [-0.25, -0.2) is 5.84 Å². The summed E-state index contributed by atoms with van der Waals surface area (Å²) in [6.07, 6.45) is 13.1. The molecule has 1 rings (SSSR count). The highest BCUT2D eigenvalue weighted by atomic mass is 15.2. The zero-order chi connectivity index (χ0) is 10.8. The SMILES string of the molecule is NNC1=NCCCCCCCCCCC1. The van der Waals surface area contributed by atoms with Crippen LogP contribution in [0, 0.1) is 0 Å². The van der Waals surface area contributed by atoms with Crippen molar-refractivity contribution in [1.82, 2.24) is 5.43 Å². The van der Waals surface area contributed by atoms with Gasteiger partial charge >= 0.3 is 0 Å². The Hall–Kier alpha value is -0.570. The number of rotatable bonds is 0. The molecule has 0 unspecified atom stereocenters. The van der Waals surface area contributed by atoms with Crippen LogP contribution < -0.4 is 11.3 Å². The van der Waals surface area contributed by atoms with Crippen LogP contribution in [0.4, 0.5) is 0 Å². The molecule has 3 N–H and O–H groups in total. The number of nitrogens with zero attached hydrogens (tertiary/aromatic N) is 1. The van der Waals surface area contributed by atoms with E-state index in [2.05, 4.69) is 10.4 Å². The van der Waals surface area contributed by atoms with Crippen LogP contribution in [0.3, 0.4) is 0 Å². The van der Waals surface area contributed by atoms with E-state index in [1.165, 1.54) is 57.8 Å². The van der Waals surface area contributed by atoms with Crippen molar-refractivity contribution in [2.45, 2.75) is 64.2 Å². The summed E-state index contributed by atoms with van der Waals surface area (Å²) in [6.45, 7) is 0.944. The Kier molecular flexibility index (Phi) is 7.26. The van der Waals surface area contributed by atoms with Crippen LogP contribution in [-0.4, -0.2) is 12.4 Å². The zero-order valence-corrected chi connectivity index (χ0v) is 9.80. The number of amidine groups is 1. The molecule has 1 aliphatic heterocycles. The number of hydrogen-bond donors (Lipinski definition) is 2. The van der Waals surface area contributed by atoms with Crippen LogP contribution in [0.2, 0.25) is 0 Å². The van der Waals surface area contributed by atoms with Crippen molar-refractivity contribution in [1.29, 1.82) is 0 Å². The minimum atomic E-state index is 0.944. The molecule has 15 heavy (non-hydrogen) atoms. The molecule has 0 bridgehead atoms. The van der Waals surface area contributed by atoms with E-state index in [4.69, 9.17) is 5.84 Å². The van der Waals surface area contributed by atoms with E-state index < -0.39 is 0 Å². The van der Waals surface area contributed by atoms with Gasteiger partial charge in [-0.2, -0.15) is 0 Å². The van der Waals surface area contributed by atoms with Gasteiger partial charge in [0.2, 0.25) is 0 Å². The smallest absolute Gasteiger partial charge is 0.110 e. The summed E-state index contributed by atoms with van der Waals surface area (Å²) in [7, 11) is 0. The Morgan fingerprint density at radius 2 is 1.33 bits per heavy atom. The van der Waals surface area contributed by atoms with Gasteiger partial charge in [0.1, 0.15) is 5.84 Å². The molecular weight excluding hydrogens is 186 g/mol. The first kappa shape index (κ1) is 12.5. The first-order chi connectivity index (χ1) is 7.43. The second-order valence-corrected chi connectivity index (χ2v) is 4.40. The van der Waals surface area contributed by atoms with Gasteiger partial charge in [-0.15, -0.1) is 0 Å². The first-order valence-electron chi connectivity index (χ1n) is 6.43. The summed E-state index contributed by atoms with van der Waals surface area (Å²) < 4.78 is 0. The molecule has 0 amide bonds. The highest BCUT2D eigenvalue weighted by Crippen LogP contribution is 2.11. The van der Waals surface area contributed by atoms with Crippen molar-refractivity contribution < 1.29 is 0 Å². The summed E-state index contributed by atoms with van der Waals surface area (Å²) in [4.78, 5) is 4.49. The maximum Gasteiger partial charge on any atom is 0.110 e. The minimum absolute atomic E-state index is 0.944. The third kappa shape index (κ3) is 6.50. The van der Waals surface area contributed by atoms with Crippen molar-refractivity contribution in [3.8, 4) is 0 Å². The normalized spacial score (nSPS) is 21.8. The predicted octanol–water partition coefficient (Wildman–Crippen LogP) is 2.76. The largest absolute Gasteiger partial charge is 0.312 e. The Morgan fingerprint density at radius 3 is 1.93 bits per heavy atom. The lowest BCUT2D eigenvalue weighted by Crippen LogP contribution is -2.30. The molecule has 0 aliphatic carbocycles. The van der Waals surface area contributed by atoms with Crippen LogP contribution >= 0.6 is 0 Å². The summed E-state index contributed by atoms with van der Waals surface area (Å²) in [5.74, 6) is 6.43. The average Bonchev–Trinajstić information content (AvgIpc) is 2.29. The van der Waals surface area contributed by atoms with Crippen molar-refractivity contribution in [2.24, 2.45) is 10.8 Å². The van der Waals surface area contributed by atoms with E-state index in [0.29, 0.717) is 0 Å². The molecule has 0 aromatic rings. The summed E-state index contributed by atoms with van der Waals surface area (Å²) in [5.41, 5.74) is 2.72. The fraction of sp³-hybridized carbons (Fsp3) is 0.917. The molecule has 0 fully saturated rings. The number of aliphatic imine (C=N–C) groups is 1. The summed E-state index contributed by atoms with van der Waals surface area (Å²) in [6, 6.07) is 0. The molecule has 3 nitrogen and oxygen atoms in total. The van der Waals surface area contributed by atoms with E-state index in [-0.39, 0.29) is 0 Å². The molecule has 88 valence electrons. The van der Waals surface area contributed by atoms with Gasteiger partial charge in [0.15, 0.2) is 0 Å². The standard InChI is InChI=1S/C12H25N3/c13-15-12-10-8-6-4-2-1-3-5-7-9-11-14-12/h1-11,13H2,(H,14,15). The highest BCUT2D eigenvalue weighted by molar-refractivity contribution is 5.81. The van der Waals surface area contributed by atoms with E-state index in [1.54, 1.807) is 0 Å². The third-order valence-electron chi connectivity index (χ3n) is 3.04. The van der Waals surface area contributed by atoms with Crippen molar-refractivity contribution in [2.75, 3.05) is 6.54 Å². The van der Waals surface area contributed by atoms with Crippen molar-refractivity contribution in [3.63, 3.8) is 0 Å². The van der Waals surface area contributed by atoms with Crippen molar-refractivity contribution in [3.05, 3.63) is 0 Å². The molecule has 1 heterocycles. The topological polar surface area (TPSA) is 50.4 Å². The molecule has 0 aromatic heterocycles. The quantitative estimate of drug-likeness (QED) is 0.478. The lowest BCUT2D eigenvalue weighted by atomic mass is 10.1. The molecule has 0 aromatic carbocycles. The predicted molar refractivity (Wildman–Crippen MR) is 65.8 cm³/mol. The van der Waals surface area contributed by atoms with Crippen LogP contribution in [0.1, 0.15) is 64.2 Å². The summed E-state index contributed by atoms with van der Waals surface area (Å²) >= 11 is 0. The molecule has 0 saturated heterocycles. The molecule has 0 spiro atoms. The lowest BCUT2D eigenvalue weighted by molar-refractivity contribution is 0.567.